The minimum absolute atomic E-state index is 0.00778. The summed E-state index contributed by atoms with van der Waals surface area (Å²) in [4.78, 5) is 12.8. The first-order chi connectivity index (χ1) is 7.92. The summed E-state index contributed by atoms with van der Waals surface area (Å²) in [5, 5.41) is 6.07. The molecule has 3 nitrogen and oxygen atoms in total. The topological polar surface area (TPSA) is 41.1 Å². The van der Waals surface area contributed by atoms with Crippen LogP contribution in [0.4, 0.5) is 5.69 Å². The van der Waals surface area contributed by atoms with Gasteiger partial charge in [-0.1, -0.05) is 12.1 Å². The minimum atomic E-state index is -0.183. The Morgan fingerprint density at radius 2 is 1.94 bits per heavy atom. The van der Waals surface area contributed by atoms with Crippen molar-refractivity contribution in [2.24, 2.45) is 0 Å². The molecule has 0 aliphatic carbocycles. The van der Waals surface area contributed by atoms with Crippen LogP contribution in [0.3, 0.4) is 0 Å². The molecule has 1 rings (SSSR count). The van der Waals surface area contributed by atoms with Crippen molar-refractivity contribution >= 4 is 23.4 Å². The van der Waals surface area contributed by atoms with Crippen molar-refractivity contribution in [3.8, 4) is 0 Å². The quantitative estimate of drug-likeness (QED) is 0.810. The van der Waals surface area contributed by atoms with E-state index in [-0.39, 0.29) is 11.4 Å². The van der Waals surface area contributed by atoms with Crippen LogP contribution in [0.1, 0.15) is 20.8 Å². The molecule has 0 fully saturated rings. The molecular weight excluding hydrogens is 232 g/mol. The number of thioether (sulfide) groups is 1. The summed E-state index contributed by atoms with van der Waals surface area (Å²) in [6.07, 6.45) is 2.02. The van der Waals surface area contributed by atoms with Crippen LogP contribution in [0.5, 0.6) is 0 Å². The fourth-order valence-corrected chi connectivity index (χ4v) is 2.00. The summed E-state index contributed by atoms with van der Waals surface area (Å²) in [5.74, 6) is 0.00778. The van der Waals surface area contributed by atoms with Crippen LogP contribution < -0.4 is 10.6 Å². The normalized spacial score (nSPS) is 11.1. The zero-order valence-electron chi connectivity index (χ0n) is 10.8. The lowest BCUT2D eigenvalue weighted by Crippen LogP contribution is -2.43. The second-order valence-corrected chi connectivity index (χ2v) is 5.70. The molecule has 0 saturated heterocycles. The Kier molecular flexibility index (Phi) is 4.87. The Morgan fingerprint density at radius 1 is 1.29 bits per heavy atom. The van der Waals surface area contributed by atoms with Crippen molar-refractivity contribution in [3.63, 3.8) is 0 Å². The first kappa shape index (κ1) is 13.9. The molecule has 0 aliphatic rings. The smallest absolute Gasteiger partial charge is 0.239 e. The number of hydrogen-bond acceptors (Lipinski definition) is 3. The summed E-state index contributed by atoms with van der Waals surface area (Å²) in [6.45, 7) is 6.22. The van der Waals surface area contributed by atoms with Crippen LogP contribution >= 0.6 is 11.8 Å². The van der Waals surface area contributed by atoms with E-state index >= 15 is 0 Å². The van der Waals surface area contributed by atoms with Gasteiger partial charge in [0.25, 0.3) is 0 Å². The molecule has 2 N–H and O–H groups in total. The molecule has 0 heterocycles. The number of rotatable bonds is 4. The van der Waals surface area contributed by atoms with Crippen LogP contribution in [0.15, 0.2) is 29.2 Å². The Hall–Kier alpha value is -1.16. The third kappa shape index (κ3) is 5.13. The Labute approximate surface area is 107 Å². The van der Waals surface area contributed by atoms with E-state index in [0.717, 1.165) is 10.6 Å². The molecule has 1 aromatic carbocycles. The number of para-hydroxylation sites is 1. The molecule has 17 heavy (non-hydrogen) atoms. The van der Waals surface area contributed by atoms with Crippen molar-refractivity contribution in [2.75, 3.05) is 18.1 Å². The van der Waals surface area contributed by atoms with Crippen molar-refractivity contribution in [3.05, 3.63) is 24.3 Å². The maximum atomic E-state index is 11.7. The van der Waals surface area contributed by atoms with Gasteiger partial charge in [-0.25, -0.2) is 0 Å². The average molecular weight is 252 g/mol. The lowest BCUT2D eigenvalue weighted by molar-refractivity contribution is -0.120. The molecule has 0 atom stereocenters. The van der Waals surface area contributed by atoms with Crippen molar-refractivity contribution in [2.45, 2.75) is 31.2 Å². The van der Waals surface area contributed by atoms with Gasteiger partial charge in [-0.2, -0.15) is 0 Å². The summed E-state index contributed by atoms with van der Waals surface area (Å²) in [5.41, 5.74) is 0.821. The van der Waals surface area contributed by atoms with Gasteiger partial charge in [-0.15, -0.1) is 11.8 Å². The lowest BCUT2D eigenvalue weighted by Gasteiger charge is -2.21. The van der Waals surface area contributed by atoms with E-state index in [4.69, 9.17) is 0 Å². The first-order valence-corrected chi connectivity index (χ1v) is 6.83. The van der Waals surface area contributed by atoms with Crippen LogP contribution in [0.25, 0.3) is 0 Å². The van der Waals surface area contributed by atoms with Gasteiger partial charge >= 0.3 is 0 Å². The predicted octanol–water partition coefficient (Wildman–Crippen LogP) is 2.74. The van der Waals surface area contributed by atoms with E-state index in [1.165, 1.54) is 0 Å². The third-order valence-corrected chi connectivity index (χ3v) is 2.86. The lowest BCUT2D eigenvalue weighted by atomic mass is 10.1. The fourth-order valence-electron chi connectivity index (χ4n) is 1.43. The number of benzene rings is 1. The number of anilines is 1. The monoisotopic (exact) mass is 252 g/mol. The Morgan fingerprint density at radius 3 is 2.53 bits per heavy atom. The van der Waals surface area contributed by atoms with Gasteiger partial charge in [-0.05, 0) is 39.2 Å². The molecule has 0 aliphatic heterocycles. The largest absolute Gasteiger partial charge is 0.375 e. The number of nitrogens with one attached hydrogen (secondary N) is 2. The number of carbonyl (C=O) groups is 1. The van der Waals surface area contributed by atoms with Gasteiger partial charge < -0.3 is 10.6 Å². The van der Waals surface area contributed by atoms with Gasteiger partial charge in [-0.3, -0.25) is 4.79 Å². The molecule has 1 aromatic rings. The average Bonchev–Trinajstić information content (AvgIpc) is 2.24. The first-order valence-electron chi connectivity index (χ1n) is 5.60. The van der Waals surface area contributed by atoms with E-state index in [9.17, 15) is 4.79 Å². The standard InChI is InChI=1S/C13H20N2OS/c1-13(2,3)15-12(16)9-14-10-7-5-6-8-11(10)17-4/h5-8,14H,9H2,1-4H3,(H,15,16). The van der Waals surface area contributed by atoms with E-state index in [1.807, 2.05) is 51.3 Å². The second kappa shape index (κ2) is 5.96. The summed E-state index contributed by atoms with van der Waals surface area (Å²) < 4.78 is 0. The molecular formula is C13H20N2OS. The van der Waals surface area contributed by atoms with E-state index in [0.29, 0.717) is 6.54 Å². The highest BCUT2D eigenvalue weighted by atomic mass is 32.2. The van der Waals surface area contributed by atoms with Crippen LogP contribution in [-0.2, 0) is 4.79 Å². The maximum Gasteiger partial charge on any atom is 0.239 e. The van der Waals surface area contributed by atoms with Gasteiger partial charge in [0.05, 0.1) is 6.54 Å². The predicted molar refractivity (Wildman–Crippen MR) is 74.6 cm³/mol. The highest BCUT2D eigenvalue weighted by molar-refractivity contribution is 7.98. The number of hydrogen-bond donors (Lipinski definition) is 2. The molecule has 94 valence electrons. The fraction of sp³-hybridized carbons (Fsp3) is 0.462. The number of carbonyl (C=O) groups excluding carboxylic acids is 1. The second-order valence-electron chi connectivity index (χ2n) is 4.85. The van der Waals surface area contributed by atoms with Crippen LogP contribution in [0, 0.1) is 0 Å². The number of amides is 1. The van der Waals surface area contributed by atoms with Gasteiger partial charge in [0.2, 0.25) is 5.91 Å². The molecule has 0 unspecified atom stereocenters. The molecule has 4 heteroatoms. The SMILES string of the molecule is CSc1ccccc1NCC(=O)NC(C)(C)C. The zero-order chi connectivity index (χ0) is 12.9. The molecule has 0 radical (unpaired) electrons. The molecule has 1 amide bonds. The third-order valence-electron chi connectivity index (χ3n) is 2.06. The van der Waals surface area contributed by atoms with E-state index in [1.54, 1.807) is 11.8 Å². The van der Waals surface area contributed by atoms with Crippen molar-refractivity contribution in [1.29, 1.82) is 0 Å². The summed E-state index contributed by atoms with van der Waals surface area (Å²) >= 11 is 1.67. The Bertz CT molecular complexity index is 385. The van der Waals surface area contributed by atoms with E-state index in [2.05, 4.69) is 10.6 Å². The maximum absolute atomic E-state index is 11.7. The molecule has 0 spiro atoms. The van der Waals surface area contributed by atoms with Gasteiger partial charge in [0.15, 0.2) is 0 Å². The van der Waals surface area contributed by atoms with E-state index < -0.39 is 0 Å². The van der Waals surface area contributed by atoms with Gasteiger partial charge in [0.1, 0.15) is 0 Å². The summed E-state index contributed by atoms with van der Waals surface area (Å²) in [7, 11) is 0. The van der Waals surface area contributed by atoms with Crippen LogP contribution in [0.2, 0.25) is 0 Å². The van der Waals surface area contributed by atoms with Crippen molar-refractivity contribution < 1.29 is 4.79 Å². The highest BCUT2D eigenvalue weighted by Gasteiger charge is 2.13. The van der Waals surface area contributed by atoms with Gasteiger partial charge in [0, 0.05) is 16.1 Å². The molecule has 0 bridgehead atoms. The zero-order valence-corrected chi connectivity index (χ0v) is 11.6. The van der Waals surface area contributed by atoms with Crippen LogP contribution in [-0.4, -0.2) is 24.2 Å². The van der Waals surface area contributed by atoms with Crippen molar-refractivity contribution in [1.82, 2.24) is 5.32 Å². The molecule has 0 saturated carbocycles. The Balaban J connectivity index is 2.53. The highest BCUT2D eigenvalue weighted by Crippen LogP contribution is 2.24. The molecule has 0 aromatic heterocycles. The summed E-state index contributed by atoms with van der Waals surface area (Å²) in [6, 6.07) is 7.97. The minimum Gasteiger partial charge on any atom is -0.375 e.